The van der Waals surface area contributed by atoms with Crippen LogP contribution in [-0.4, -0.2) is 42.8 Å². The third-order valence-electron chi connectivity index (χ3n) is 4.92. The molecule has 0 aliphatic rings. The van der Waals surface area contributed by atoms with Crippen LogP contribution in [0.3, 0.4) is 0 Å². The Morgan fingerprint density at radius 3 is 2.38 bits per heavy atom. The average molecular weight is 577 g/mol. The Balaban J connectivity index is 0.00000512. The van der Waals surface area contributed by atoms with Crippen LogP contribution in [0.2, 0.25) is 0 Å². The lowest BCUT2D eigenvalue weighted by Gasteiger charge is -2.22. The fourth-order valence-corrected chi connectivity index (χ4v) is 5.11. The first-order valence-electron chi connectivity index (χ1n) is 10.4. The van der Waals surface area contributed by atoms with E-state index >= 15 is 0 Å². The van der Waals surface area contributed by atoms with Gasteiger partial charge in [0, 0.05) is 37.9 Å². The van der Waals surface area contributed by atoms with Gasteiger partial charge in [0.1, 0.15) is 0 Å². The molecule has 0 bridgehead atoms. The van der Waals surface area contributed by atoms with Crippen molar-refractivity contribution in [1.82, 2.24) is 25.1 Å². The summed E-state index contributed by atoms with van der Waals surface area (Å²) in [5.74, 6) is 0.614. The monoisotopic (exact) mass is 576 g/mol. The maximum absolute atomic E-state index is 12.8. The van der Waals surface area contributed by atoms with Gasteiger partial charge in [-0.3, -0.25) is 9.67 Å². The van der Waals surface area contributed by atoms with Gasteiger partial charge in [0.05, 0.1) is 10.6 Å². The summed E-state index contributed by atoms with van der Waals surface area (Å²) in [6, 6.07) is 7.12. The number of rotatable bonds is 7. The van der Waals surface area contributed by atoms with Crippen LogP contribution in [0.25, 0.3) is 0 Å². The SMILES string of the molecule is CN=C(NCc1ccccc1S(=O)(=O)NC(C)(C)C)NC(C)Cc1c(C)nn(C)c1C.I. The number of nitrogens with one attached hydrogen (secondary N) is 3. The van der Waals surface area contributed by atoms with Gasteiger partial charge in [0.2, 0.25) is 10.0 Å². The number of halogens is 1. The summed E-state index contributed by atoms with van der Waals surface area (Å²) in [6.45, 7) is 12.0. The maximum atomic E-state index is 12.8. The Hall–Kier alpha value is -1.66. The van der Waals surface area contributed by atoms with Crippen molar-refractivity contribution < 1.29 is 8.42 Å². The van der Waals surface area contributed by atoms with Gasteiger partial charge in [0.25, 0.3) is 0 Å². The fourth-order valence-electron chi connectivity index (χ4n) is 3.45. The molecule has 0 saturated heterocycles. The highest BCUT2D eigenvalue weighted by Gasteiger charge is 2.24. The number of nitrogens with zero attached hydrogens (tertiary/aromatic N) is 3. The third-order valence-corrected chi connectivity index (χ3v) is 6.78. The molecule has 1 atom stereocenters. The van der Waals surface area contributed by atoms with Gasteiger partial charge < -0.3 is 10.6 Å². The van der Waals surface area contributed by atoms with E-state index in [1.54, 1.807) is 19.2 Å². The largest absolute Gasteiger partial charge is 0.354 e. The van der Waals surface area contributed by atoms with Crippen molar-refractivity contribution in [3.8, 4) is 0 Å². The van der Waals surface area contributed by atoms with E-state index in [4.69, 9.17) is 0 Å². The Kier molecular flexibility index (Phi) is 10.2. The zero-order valence-electron chi connectivity index (χ0n) is 20.3. The quantitative estimate of drug-likeness (QED) is 0.268. The Morgan fingerprint density at radius 1 is 1.22 bits per heavy atom. The molecule has 8 nitrogen and oxygen atoms in total. The zero-order valence-corrected chi connectivity index (χ0v) is 23.4. The second-order valence-corrected chi connectivity index (χ2v) is 10.6. The number of benzene rings is 1. The minimum Gasteiger partial charge on any atom is -0.354 e. The number of sulfonamides is 1. The number of aliphatic imine (C=N–C) groups is 1. The molecule has 1 aromatic heterocycles. The van der Waals surface area contributed by atoms with E-state index in [1.165, 1.54) is 5.56 Å². The van der Waals surface area contributed by atoms with Crippen LogP contribution in [-0.2, 0) is 30.0 Å². The number of aryl methyl sites for hydroxylation is 2. The lowest BCUT2D eigenvalue weighted by atomic mass is 10.1. The first kappa shape index (κ1) is 28.4. The number of hydrogen-bond acceptors (Lipinski definition) is 4. The number of guanidine groups is 1. The zero-order chi connectivity index (χ0) is 23.4. The molecule has 0 spiro atoms. The van der Waals surface area contributed by atoms with Crippen molar-refractivity contribution in [3.63, 3.8) is 0 Å². The van der Waals surface area contributed by atoms with Crippen molar-refractivity contribution >= 4 is 40.0 Å². The van der Waals surface area contributed by atoms with E-state index in [9.17, 15) is 8.42 Å². The van der Waals surface area contributed by atoms with Gasteiger partial charge in [-0.05, 0) is 65.2 Å². The summed E-state index contributed by atoms with van der Waals surface area (Å²) in [5.41, 5.74) is 3.52. The molecule has 0 radical (unpaired) electrons. The van der Waals surface area contributed by atoms with Gasteiger partial charge in [-0.15, -0.1) is 24.0 Å². The normalized spacial score (nSPS) is 13.4. The van der Waals surface area contributed by atoms with Crippen LogP contribution >= 0.6 is 24.0 Å². The van der Waals surface area contributed by atoms with E-state index in [-0.39, 0.29) is 34.9 Å². The Bertz CT molecular complexity index is 1040. The second kappa shape index (κ2) is 11.5. The fraction of sp³-hybridized carbons (Fsp3) is 0.545. The summed E-state index contributed by atoms with van der Waals surface area (Å²) >= 11 is 0. The number of hydrogen-bond donors (Lipinski definition) is 3. The van der Waals surface area contributed by atoms with Crippen LogP contribution in [0.5, 0.6) is 0 Å². The first-order valence-corrected chi connectivity index (χ1v) is 11.9. The van der Waals surface area contributed by atoms with Crippen molar-refractivity contribution in [1.29, 1.82) is 0 Å². The van der Waals surface area contributed by atoms with Crippen molar-refractivity contribution in [3.05, 3.63) is 46.8 Å². The predicted octanol–water partition coefficient (Wildman–Crippen LogP) is 3.03. The van der Waals surface area contributed by atoms with E-state index in [2.05, 4.69) is 39.3 Å². The highest BCUT2D eigenvalue weighted by Crippen LogP contribution is 2.18. The summed E-state index contributed by atoms with van der Waals surface area (Å²) in [5, 5.41) is 11.1. The Morgan fingerprint density at radius 2 is 1.84 bits per heavy atom. The van der Waals surface area contributed by atoms with Gasteiger partial charge in [-0.1, -0.05) is 18.2 Å². The highest BCUT2D eigenvalue weighted by molar-refractivity contribution is 14.0. The van der Waals surface area contributed by atoms with E-state index in [1.807, 2.05) is 51.6 Å². The molecule has 3 N–H and O–H groups in total. The topological polar surface area (TPSA) is 100 Å². The standard InChI is InChI=1S/C22H36N6O2S.HI/c1-15(13-19-16(2)26-28(8)17(19)3)25-21(23-7)24-14-18-11-9-10-12-20(18)31(29,30)27-22(4,5)6;/h9-12,15,27H,13-14H2,1-8H3,(H2,23,24,25);1H. The van der Waals surface area contributed by atoms with Crippen molar-refractivity contribution in [2.24, 2.45) is 12.0 Å². The molecule has 0 amide bonds. The molecule has 2 rings (SSSR count). The third kappa shape index (κ3) is 7.73. The van der Waals surface area contributed by atoms with Gasteiger partial charge in [-0.2, -0.15) is 5.10 Å². The smallest absolute Gasteiger partial charge is 0.241 e. The summed E-state index contributed by atoms with van der Waals surface area (Å²) in [7, 11) is 0.0159. The van der Waals surface area contributed by atoms with Crippen LogP contribution < -0.4 is 15.4 Å². The van der Waals surface area contributed by atoms with Crippen LogP contribution in [0.1, 0.15) is 50.2 Å². The highest BCUT2D eigenvalue weighted by atomic mass is 127. The molecular formula is C22H37IN6O2S. The molecule has 0 aliphatic carbocycles. The van der Waals surface area contributed by atoms with Crippen LogP contribution in [0, 0.1) is 13.8 Å². The van der Waals surface area contributed by atoms with Crippen molar-refractivity contribution in [2.75, 3.05) is 7.05 Å². The first-order chi connectivity index (χ1) is 14.3. The second-order valence-electron chi connectivity index (χ2n) is 8.91. The lowest BCUT2D eigenvalue weighted by Crippen LogP contribution is -2.43. The summed E-state index contributed by atoms with van der Waals surface area (Å²) < 4.78 is 30.3. The molecule has 2 aromatic rings. The molecule has 1 unspecified atom stereocenters. The summed E-state index contributed by atoms with van der Waals surface area (Å²) in [6.07, 6.45) is 0.812. The number of aromatic nitrogens is 2. The van der Waals surface area contributed by atoms with E-state index < -0.39 is 15.6 Å². The van der Waals surface area contributed by atoms with Gasteiger partial charge >= 0.3 is 0 Å². The predicted molar refractivity (Wildman–Crippen MR) is 141 cm³/mol. The molecule has 32 heavy (non-hydrogen) atoms. The molecule has 1 heterocycles. The molecule has 0 fully saturated rings. The van der Waals surface area contributed by atoms with Crippen LogP contribution in [0.4, 0.5) is 0 Å². The van der Waals surface area contributed by atoms with Crippen molar-refractivity contribution in [2.45, 2.75) is 71.0 Å². The summed E-state index contributed by atoms with van der Waals surface area (Å²) in [4.78, 5) is 4.56. The molecule has 180 valence electrons. The van der Waals surface area contributed by atoms with E-state index in [0.717, 1.165) is 17.8 Å². The lowest BCUT2D eigenvalue weighted by molar-refractivity contribution is 0.491. The van der Waals surface area contributed by atoms with Gasteiger partial charge in [0.15, 0.2) is 5.96 Å². The molecule has 0 saturated carbocycles. The molecule has 10 heteroatoms. The van der Waals surface area contributed by atoms with E-state index in [0.29, 0.717) is 18.1 Å². The van der Waals surface area contributed by atoms with Crippen LogP contribution in [0.15, 0.2) is 34.2 Å². The minimum atomic E-state index is -3.63. The minimum absolute atomic E-state index is 0. The molecular weight excluding hydrogens is 539 g/mol. The Labute approximate surface area is 209 Å². The van der Waals surface area contributed by atoms with Gasteiger partial charge in [-0.25, -0.2) is 13.1 Å². The maximum Gasteiger partial charge on any atom is 0.241 e. The average Bonchev–Trinajstić information content (AvgIpc) is 2.89. The molecule has 1 aromatic carbocycles. The molecule has 0 aliphatic heterocycles.